The Hall–Kier alpha value is -2.73. The number of rotatable bonds is 6. The second-order valence-electron chi connectivity index (χ2n) is 5.24. The lowest BCUT2D eigenvalue weighted by atomic mass is 10.0. The van der Waals surface area contributed by atoms with Gasteiger partial charge in [0.1, 0.15) is 0 Å². The zero-order valence-corrected chi connectivity index (χ0v) is 12.7. The van der Waals surface area contributed by atoms with Crippen molar-refractivity contribution < 1.29 is 14.8 Å². The van der Waals surface area contributed by atoms with Crippen LogP contribution >= 0.6 is 0 Å². The average Bonchev–Trinajstić information content (AvgIpc) is 2.53. The van der Waals surface area contributed by atoms with Gasteiger partial charge in [-0.3, -0.25) is 14.9 Å². The van der Waals surface area contributed by atoms with E-state index in [1.54, 1.807) is 24.3 Å². The Kier molecular flexibility index (Phi) is 5.43. The molecule has 0 bridgehead atoms. The predicted octanol–water partition coefficient (Wildman–Crippen LogP) is 2.30. The highest BCUT2D eigenvalue weighted by Gasteiger charge is 2.16. The van der Waals surface area contributed by atoms with Crippen molar-refractivity contribution in [3.8, 4) is 0 Å². The molecule has 0 aliphatic carbocycles. The third-order valence-corrected chi connectivity index (χ3v) is 3.58. The molecular weight excluding hydrogens is 296 g/mol. The number of nitro groups is 1. The summed E-state index contributed by atoms with van der Waals surface area (Å²) in [4.78, 5) is 22.4. The number of carbonyl (C=O) groups excluding carboxylic acids is 1. The first-order valence-electron chi connectivity index (χ1n) is 7.21. The van der Waals surface area contributed by atoms with Crippen LogP contribution in [0, 0.1) is 17.0 Å². The third kappa shape index (κ3) is 4.37. The molecule has 120 valence electrons. The van der Waals surface area contributed by atoms with Crippen molar-refractivity contribution in [3.05, 3.63) is 75.3 Å². The second-order valence-corrected chi connectivity index (χ2v) is 5.24. The first-order chi connectivity index (χ1) is 11.0. The van der Waals surface area contributed by atoms with Gasteiger partial charge in [-0.2, -0.15) is 0 Å². The van der Waals surface area contributed by atoms with Crippen molar-refractivity contribution in [1.82, 2.24) is 5.32 Å². The van der Waals surface area contributed by atoms with Crippen LogP contribution in [0.15, 0.2) is 48.5 Å². The van der Waals surface area contributed by atoms with Crippen molar-refractivity contribution in [3.63, 3.8) is 0 Å². The fourth-order valence-electron chi connectivity index (χ4n) is 2.36. The van der Waals surface area contributed by atoms with Gasteiger partial charge in [-0.25, -0.2) is 0 Å². The quantitative estimate of drug-likeness (QED) is 0.632. The number of aliphatic hydroxyl groups excluding tert-OH is 1. The molecule has 2 N–H and O–H groups in total. The SMILES string of the molecule is Cc1ccccc1[C@@H](O)CNC(=O)Cc1ccccc1[N+](=O)[O-]. The number of amides is 1. The third-order valence-electron chi connectivity index (χ3n) is 3.58. The van der Waals surface area contributed by atoms with Crippen LogP contribution in [0.1, 0.15) is 22.8 Å². The summed E-state index contributed by atoms with van der Waals surface area (Å²) in [5.41, 5.74) is 1.95. The van der Waals surface area contributed by atoms with E-state index in [2.05, 4.69) is 5.32 Å². The molecule has 0 saturated heterocycles. The van der Waals surface area contributed by atoms with Crippen molar-refractivity contribution in [2.24, 2.45) is 0 Å². The molecular formula is C17H18N2O4. The van der Waals surface area contributed by atoms with Crippen LogP contribution in [0.3, 0.4) is 0 Å². The van der Waals surface area contributed by atoms with E-state index >= 15 is 0 Å². The van der Waals surface area contributed by atoms with E-state index in [1.807, 2.05) is 25.1 Å². The van der Waals surface area contributed by atoms with Crippen molar-refractivity contribution >= 4 is 11.6 Å². The standard InChI is InChI=1S/C17H18N2O4/c1-12-6-2-4-8-14(12)16(20)11-18-17(21)10-13-7-3-5-9-15(13)19(22)23/h2-9,16,20H,10-11H2,1H3,(H,18,21)/t16-/m0/s1. The highest BCUT2D eigenvalue weighted by molar-refractivity contribution is 5.79. The summed E-state index contributed by atoms with van der Waals surface area (Å²) in [6, 6.07) is 13.5. The lowest BCUT2D eigenvalue weighted by molar-refractivity contribution is -0.385. The van der Waals surface area contributed by atoms with E-state index in [0.717, 1.165) is 11.1 Å². The summed E-state index contributed by atoms with van der Waals surface area (Å²) in [5, 5.41) is 23.7. The molecule has 0 aliphatic heterocycles. The molecule has 0 radical (unpaired) electrons. The van der Waals surface area contributed by atoms with E-state index in [0.29, 0.717) is 5.56 Å². The van der Waals surface area contributed by atoms with Gasteiger partial charge in [-0.05, 0) is 18.1 Å². The number of nitro benzene ring substituents is 1. The Labute approximate surface area is 133 Å². The number of aryl methyl sites for hydroxylation is 1. The number of hydrogen-bond donors (Lipinski definition) is 2. The number of para-hydroxylation sites is 1. The highest BCUT2D eigenvalue weighted by Crippen LogP contribution is 2.19. The minimum atomic E-state index is -0.814. The maximum Gasteiger partial charge on any atom is 0.273 e. The maximum absolute atomic E-state index is 12.0. The van der Waals surface area contributed by atoms with Crippen LogP contribution < -0.4 is 5.32 Å². The van der Waals surface area contributed by atoms with Gasteiger partial charge in [0.2, 0.25) is 5.91 Å². The summed E-state index contributed by atoms with van der Waals surface area (Å²) in [5.74, 6) is -0.369. The van der Waals surface area contributed by atoms with Gasteiger partial charge in [-0.1, -0.05) is 42.5 Å². The van der Waals surface area contributed by atoms with Gasteiger partial charge >= 0.3 is 0 Å². The van der Waals surface area contributed by atoms with Crippen molar-refractivity contribution in [2.75, 3.05) is 6.54 Å². The number of nitrogens with zero attached hydrogens (tertiary/aromatic N) is 1. The van der Waals surface area contributed by atoms with Gasteiger partial charge in [0.15, 0.2) is 0 Å². The van der Waals surface area contributed by atoms with Gasteiger partial charge in [0.05, 0.1) is 17.4 Å². The molecule has 2 aromatic rings. The van der Waals surface area contributed by atoms with Crippen LogP contribution in [0.5, 0.6) is 0 Å². The average molecular weight is 314 g/mol. The van der Waals surface area contributed by atoms with E-state index in [4.69, 9.17) is 0 Å². The molecule has 1 atom stereocenters. The molecule has 23 heavy (non-hydrogen) atoms. The first-order valence-corrected chi connectivity index (χ1v) is 7.21. The number of aliphatic hydroxyl groups is 1. The molecule has 1 amide bonds. The molecule has 0 spiro atoms. The molecule has 2 aromatic carbocycles. The molecule has 0 saturated carbocycles. The normalized spacial score (nSPS) is 11.7. The van der Waals surface area contributed by atoms with E-state index in [9.17, 15) is 20.0 Å². The minimum Gasteiger partial charge on any atom is -0.387 e. The Morgan fingerprint density at radius 2 is 1.87 bits per heavy atom. The van der Waals surface area contributed by atoms with E-state index in [1.165, 1.54) is 6.07 Å². The smallest absolute Gasteiger partial charge is 0.273 e. The Bertz CT molecular complexity index is 715. The Balaban J connectivity index is 1.96. The monoisotopic (exact) mass is 314 g/mol. The summed E-state index contributed by atoms with van der Waals surface area (Å²) >= 11 is 0. The highest BCUT2D eigenvalue weighted by atomic mass is 16.6. The molecule has 6 nitrogen and oxygen atoms in total. The summed E-state index contributed by atoms with van der Waals surface area (Å²) in [6.07, 6.45) is -0.914. The number of benzene rings is 2. The zero-order chi connectivity index (χ0) is 16.8. The van der Waals surface area contributed by atoms with E-state index in [-0.39, 0.29) is 24.6 Å². The summed E-state index contributed by atoms with van der Waals surface area (Å²) in [7, 11) is 0. The fourth-order valence-corrected chi connectivity index (χ4v) is 2.36. The topological polar surface area (TPSA) is 92.5 Å². The minimum absolute atomic E-state index is 0.0598. The number of nitrogens with one attached hydrogen (secondary N) is 1. The van der Waals surface area contributed by atoms with Gasteiger partial charge in [0.25, 0.3) is 5.69 Å². The van der Waals surface area contributed by atoms with Crippen LogP contribution in [-0.4, -0.2) is 22.5 Å². The van der Waals surface area contributed by atoms with Crippen LogP contribution in [0.4, 0.5) is 5.69 Å². The fraction of sp³-hybridized carbons (Fsp3) is 0.235. The lowest BCUT2D eigenvalue weighted by Crippen LogP contribution is -2.30. The first kappa shape index (κ1) is 16.6. The molecule has 0 unspecified atom stereocenters. The van der Waals surface area contributed by atoms with Gasteiger partial charge in [0, 0.05) is 18.2 Å². The number of hydrogen-bond acceptors (Lipinski definition) is 4. The largest absolute Gasteiger partial charge is 0.387 e. The van der Waals surface area contributed by atoms with Crippen molar-refractivity contribution in [2.45, 2.75) is 19.4 Å². The molecule has 6 heteroatoms. The van der Waals surface area contributed by atoms with Gasteiger partial charge in [-0.15, -0.1) is 0 Å². The summed E-state index contributed by atoms with van der Waals surface area (Å²) < 4.78 is 0. The van der Waals surface area contributed by atoms with Crippen molar-refractivity contribution in [1.29, 1.82) is 0 Å². The Morgan fingerprint density at radius 1 is 1.22 bits per heavy atom. The van der Waals surface area contributed by atoms with Gasteiger partial charge < -0.3 is 10.4 Å². The lowest BCUT2D eigenvalue weighted by Gasteiger charge is -2.14. The maximum atomic E-state index is 12.0. The van der Waals surface area contributed by atoms with Crippen LogP contribution in [0.25, 0.3) is 0 Å². The molecule has 0 aliphatic rings. The molecule has 2 rings (SSSR count). The Morgan fingerprint density at radius 3 is 2.57 bits per heavy atom. The zero-order valence-electron chi connectivity index (χ0n) is 12.7. The second kappa shape index (κ2) is 7.51. The summed E-state index contributed by atoms with van der Waals surface area (Å²) in [6.45, 7) is 1.94. The number of carbonyl (C=O) groups is 1. The molecule has 0 fully saturated rings. The molecule has 0 heterocycles. The molecule has 0 aromatic heterocycles. The predicted molar refractivity (Wildman–Crippen MR) is 85.9 cm³/mol. The van der Waals surface area contributed by atoms with Crippen LogP contribution in [0.2, 0.25) is 0 Å². The van der Waals surface area contributed by atoms with Crippen LogP contribution in [-0.2, 0) is 11.2 Å². The van der Waals surface area contributed by atoms with E-state index < -0.39 is 11.0 Å².